The molecule has 0 aliphatic heterocycles. The molecule has 0 unspecified atom stereocenters. The van der Waals surface area contributed by atoms with E-state index in [1.54, 1.807) is 0 Å². The quantitative estimate of drug-likeness (QED) is 0.785. The molecule has 3 rings (SSSR count). The molecule has 2 aromatic heterocycles. The molecular formula is C17H21NO2. The van der Waals surface area contributed by atoms with E-state index in [4.69, 9.17) is 4.74 Å². The number of carbonyl (C=O) groups excluding carboxylic acids is 1. The fourth-order valence-corrected chi connectivity index (χ4v) is 3.13. The van der Waals surface area contributed by atoms with E-state index >= 15 is 0 Å². The number of ether oxygens (including phenoxy) is 1. The van der Waals surface area contributed by atoms with Crippen molar-refractivity contribution >= 4 is 11.5 Å². The Morgan fingerprint density at radius 2 is 2.10 bits per heavy atom. The topological polar surface area (TPSA) is 30.7 Å². The summed E-state index contributed by atoms with van der Waals surface area (Å²) in [7, 11) is 0. The summed E-state index contributed by atoms with van der Waals surface area (Å²) in [5.41, 5.74) is 3.12. The van der Waals surface area contributed by atoms with Gasteiger partial charge < -0.3 is 9.14 Å². The molecule has 0 aromatic carbocycles. The summed E-state index contributed by atoms with van der Waals surface area (Å²) in [6.45, 7) is 2.24. The molecule has 20 heavy (non-hydrogen) atoms. The van der Waals surface area contributed by atoms with E-state index in [2.05, 4.69) is 16.7 Å². The number of nitrogens with zero attached hydrogens (tertiary/aromatic N) is 1. The number of hydrogen-bond acceptors (Lipinski definition) is 2. The first kappa shape index (κ1) is 13.2. The summed E-state index contributed by atoms with van der Waals surface area (Å²) in [6.07, 6.45) is 10.8. The molecule has 0 atom stereocenters. The summed E-state index contributed by atoms with van der Waals surface area (Å²) in [4.78, 5) is 11.8. The van der Waals surface area contributed by atoms with Crippen molar-refractivity contribution in [3.05, 3.63) is 41.7 Å². The fraction of sp³-hybridized carbons (Fsp3) is 0.471. The van der Waals surface area contributed by atoms with Crippen molar-refractivity contribution in [3.63, 3.8) is 0 Å². The fourth-order valence-electron chi connectivity index (χ4n) is 3.13. The summed E-state index contributed by atoms with van der Waals surface area (Å²) in [6, 6.07) is 5.97. The third-order valence-corrected chi connectivity index (χ3v) is 4.21. The van der Waals surface area contributed by atoms with Crippen molar-refractivity contribution in [2.24, 2.45) is 0 Å². The summed E-state index contributed by atoms with van der Waals surface area (Å²) in [5.74, 6) is 0.449. The predicted octanol–water partition coefficient (Wildman–Crippen LogP) is 4.16. The molecule has 1 fully saturated rings. The number of hydrogen-bond donors (Lipinski definition) is 0. The number of rotatable bonds is 3. The Hall–Kier alpha value is -1.77. The van der Waals surface area contributed by atoms with Crippen molar-refractivity contribution in [1.29, 1.82) is 0 Å². The lowest BCUT2D eigenvalue weighted by Crippen LogP contribution is -2.04. The van der Waals surface area contributed by atoms with E-state index in [-0.39, 0.29) is 5.97 Å². The molecular weight excluding hydrogens is 250 g/mol. The van der Waals surface area contributed by atoms with E-state index in [9.17, 15) is 4.79 Å². The zero-order valence-corrected chi connectivity index (χ0v) is 12.0. The van der Waals surface area contributed by atoms with Crippen molar-refractivity contribution < 1.29 is 9.53 Å². The molecule has 1 aliphatic carbocycles. The minimum absolute atomic E-state index is 0.240. The van der Waals surface area contributed by atoms with E-state index in [0.717, 1.165) is 5.52 Å². The SMILES string of the molecule is CCOC(=O)c1ccn2cc(C3CCCCC3)cc2c1. The normalized spacial score (nSPS) is 16.4. The maximum Gasteiger partial charge on any atom is 0.338 e. The monoisotopic (exact) mass is 271 g/mol. The highest BCUT2D eigenvalue weighted by Gasteiger charge is 2.17. The Morgan fingerprint density at radius 3 is 2.85 bits per heavy atom. The largest absolute Gasteiger partial charge is 0.462 e. The van der Waals surface area contributed by atoms with Gasteiger partial charge in [-0.3, -0.25) is 0 Å². The van der Waals surface area contributed by atoms with E-state index in [0.29, 0.717) is 18.1 Å². The summed E-state index contributed by atoms with van der Waals surface area (Å²) >= 11 is 0. The van der Waals surface area contributed by atoms with Gasteiger partial charge in [0.2, 0.25) is 0 Å². The minimum Gasteiger partial charge on any atom is -0.462 e. The van der Waals surface area contributed by atoms with Crippen LogP contribution in [-0.4, -0.2) is 17.0 Å². The standard InChI is InChI=1S/C17H21NO2/c1-2-20-17(19)14-8-9-18-12-15(11-16(18)10-14)13-6-4-3-5-7-13/h8-13H,2-7H2,1H3. The molecule has 0 amide bonds. The van der Waals surface area contributed by atoms with Crippen molar-refractivity contribution in [2.45, 2.75) is 44.9 Å². The zero-order valence-electron chi connectivity index (χ0n) is 12.0. The molecule has 0 saturated heterocycles. The maximum absolute atomic E-state index is 11.8. The lowest BCUT2D eigenvalue weighted by molar-refractivity contribution is 0.0526. The van der Waals surface area contributed by atoms with Crippen LogP contribution in [0.3, 0.4) is 0 Å². The number of pyridine rings is 1. The molecule has 1 saturated carbocycles. The molecule has 2 aromatic rings. The second-order valence-electron chi connectivity index (χ2n) is 5.58. The van der Waals surface area contributed by atoms with E-state index in [1.807, 2.05) is 25.3 Å². The van der Waals surface area contributed by atoms with E-state index < -0.39 is 0 Å². The Labute approximate surface area is 119 Å². The van der Waals surface area contributed by atoms with Gasteiger partial charge in [-0.25, -0.2) is 4.79 Å². The first-order chi connectivity index (χ1) is 9.78. The van der Waals surface area contributed by atoms with Gasteiger partial charge in [0.05, 0.1) is 12.2 Å². The predicted molar refractivity (Wildman–Crippen MR) is 79.2 cm³/mol. The highest BCUT2D eigenvalue weighted by molar-refractivity contribution is 5.90. The highest BCUT2D eigenvalue weighted by Crippen LogP contribution is 2.33. The number of aromatic nitrogens is 1. The van der Waals surface area contributed by atoms with Crippen molar-refractivity contribution in [1.82, 2.24) is 4.40 Å². The smallest absolute Gasteiger partial charge is 0.338 e. The average Bonchev–Trinajstić information content (AvgIpc) is 2.91. The van der Waals surface area contributed by atoms with Crippen LogP contribution in [0.2, 0.25) is 0 Å². The van der Waals surface area contributed by atoms with Gasteiger partial charge in [0.15, 0.2) is 0 Å². The van der Waals surface area contributed by atoms with Crippen molar-refractivity contribution in [2.75, 3.05) is 6.61 Å². The molecule has 0 N–H and O–H groups in total. The van der Waals surface area contributed by atoms with E-state index in [1.165, 1.54) is 37.7 Å². The lowest BCUT2D eigenvalue weighted by Gasteiger charge is -2.20. The average molecular weight is 271 g/mol. The Bertz CT molecular complexity index is 608. The first-order valence-corrected chi connectivity index (χ1v) is 7.56. The summed E-state index contributed by atoms with van der Waals surface area (Å²) in [5, 5.41) is 0. The zero-order chi connectivity index (χ0) is 13.9. The van der Waals surface area contributed by atoms with Crippen LogP contribution in [0.5, 0.6) is 0 Å². The number of fused-ring (bicyclic) bond motifs is 1. The first-order valence-electron chi connectivity index (χ1n) is 7.56. The van der Waals surface area contributed by atoms with Gasteiger partial charge in [-0.2, -0.15) is 0 Å². The van der Waals surface area contributed by atoms with Crippen LogP contribution < -0.4 is 0 Å². The third-order valence-electron chi connectivity index (χ3n) is 4.21. The van der Waals surface area contributed by atoms with Crippen LogP contribution in [0.1, 0.15) is 60.9 Å². The molecule has 3 heteroatoms. The maximum atomic E-state index is 11.8. The van der Waals surface area contributed by atoms with Gasteiger partial charge in [0.1, 0.15) is 0 Å². The van der Waals surface area contributed by atoms with Gasteiger partial charge in [-0.05, 0) is 49.4 Å². The second-order valence-corrected chi connectivity index (χ2v) is 5.58. The van der Waals surface area contributed by atoms with Crippen LogP contribution in [0.15, 0.2) is 30.6 Å². The molecule has 3 nitrogen and oxygen atoms in total. The van der Waals surface area contributed by atoms with Crippen LogP contribution in [0, 0.1) is 0 Å². The molecule has 2 heterocycles. The van der Waals surface area contributed by atoms with Crippen molar-refractivity contribution in [3.8, 4) is 0 Å². The van der Waals surface area contributed by atoms with Crippen LogP contribution in [0.4, 0.5) is 0 Å². The minimum atomic E-state index is -0.240. The molecule has 106 valence electrons. The van der Waals surface area contributed by atoms with Crippen LogP contribution in [0.25, 0.3) is 5.52 Å². The van der Waals surface area contributed by atoms with Gasteiger partial charge in [-0.15, -0.1) is 0 Å². The lowest BCUT2D eigenvalue weighted by atomic mass is 9.85. The van der Waals surface area contributed by atoms with Gasteiger partial charge in [-0.1, -0.05) is 19.3 Å². The number of esters is 1. The highest BCUT2D eigenvalue weighted by atomic mass is 16.5. The summed E-state index contributed by atoms with van der Waals surface area (Å²) < 4.78 is 7.16. The Morgan fingerprint density at radius 1 is 1.30 bits per heavy atom. The Balaban J connectivity index is 1.88. The molecule has 1 aliphatic rings. The molecule has 0 spiro atoms. The van der Waals surface area contributed by atoms with Gasteiger partial charge >= 0.3 is 5.97 Å². The molecule has 0 radical (unpaired) electrons. The third kappa shape index (κ3) is 2.58. The Kier molecular flexibility index (Phi) is 3.77. The molecule has 0 bridgehead atoms. The van der Waals surface area contributed by atoms with Crippen LogP contribution in [-0.2, 0) is 4.74 Å². The van der Waals surface area contributed by atoms with Gasteiger partial charge in [0.25, 0.3) is 0 Å². The second kappa shape index (κ2) is 5.70. The van der Waals surface area contributed by atoms with Gasteiger partial charge in [0, 0.05) is 17.9 Å². The number of carbonyl (C=O) groups is 1. The van der Waals surface area contributed by atoms with Crippen LogP contribution >= 0.6 is 0 Å².